The standard InChI is InChI=1S/C14H22OS2/c1-10-3-4-11-5-6-14(16-7-8-17-14)12(11)13(10,2)9-15/h10,15H,3-9H2,1-2H3/t10-,13+/m1/s1. The minimum absolute atomic E-state index is 0.0500. The van der Waals surface area contributed by atoms with Crippen LogP contribution < -0.4 is 0 Å². The molecule has 1 spiro atoms. The zero-order chi connectivity index (χ0) is 12.1. The van der Waals surface area contributed by atoms with E-state index in [4.69, 9.17) is 0 Å². The molecule has 3 heteroatoms. The quantitative estimate of drug-likeness (QED) is 0.734. The maximum Gasteiger partial charge on any atom is 0.0832 e. The average Bonchev–Trinajstić information content (AvgIpc) is 2.94. The highest BCUT2D eigenvalue weighted by Gasteiger charge is 2.54. The van der Waals surface area contributed by atoms with E-state index in [9.17, 15) is 5.11 Å². The first-order valence-corrected chi connectivity index (χ1v) is 8.71. The molecule has 0 bridgehead atoms. The van der Waals surface area contributed by atoms with E-state index in [2.05, 4.69) is 37.4 Å². The fourth-order valence-corrected chi connectivity index (χ4v) is 7.55. The van der Waals surface area contributed by atoms with Gasteiger partial charge in [0.2, 0.25) is 0 Å². The number of fused-ring (bicyclic) bond motifs is 1. The summed E-state index contributed by atoms with van der Waals surface area (Å²) >= 11 is 4.30. The van der Waals surface area contributed by atoms with Crippen molar-refractivity contribution in [3.05, 3.63) is 11.1 Å². The Morgan fingerprint density at radius 1 is 1.29 bits per heavy atom. The van der Waals surface area contributed by atoms with Gasteiger partial charge in [0, 0.05) is 16.9 Å². The Bertz CT molecular complexity index is 357. The third-order valence-electron chi connectivity index (χ3n) is 5.11. The third kappa shape index (κ3) is 1.65. The Balaban J connectivity index is 2.07. The molecule has 0 radical (unpaired) electrons. The number of aliphatic hydroxyl groups is 1. The Morgan fingerprint density at radius 2 is 2.00 bits per heavy atom. The zero-order valence-corrected chi connectivity index (χ0v) is 12.4. The van der Waals surface area contributed by atoms with Crippen LogP contribution in [0.15, 0.2) is 11.1 Å². The van der Waals surface area contributed by atoms with Gasteiger partial charge in [0.25, 0.3) is 0 Å². The van der Waals surface area contributed by atoms with Crippen LogP contribution in [0.25, 0.3) is 0 Å². The molecule has 0 aromatic heterocycles. The van der Waals surface area contributed by atoms with Gasteiger partial charge < -0.3 is 5.11 Å². The fraction of sp³-hybridized carbons (Fsp3) is 0.857. The number of hydrogen-bond acceptors (Lipinski definition) is 3. The molecule has 0 saturated carbocycles. The lowest BCUT2D eigenvalue weighted by molar-refractivity contribution is 0.106. The van der Waals surface area contributed by atoms with Crippen LogP contribution in [0, 0.1) is 11.3 Å². The van der Waals surface area contributed by atoms with Crippen LogP contribution in [0.2, 0.25) is 0 Å². The Kier molecular flexibility index (Phi) is 3.08. The van der Waals surface area contributed by atoms with Crippen molar-refractivity contribution >= 4 is 23.5 Å². The van der Waals surface area contributed by atoms with Crippen molar-refractivity contribution in [2.45, 2.75) is 43.6 Å². The normalized spacial score (nSPS) is 40.1. The van der Waals surface area contributed by atoms with Gasteiger partial charge in [0.05, 0.1) is 10.7 Å². The average molecular weight is 270 g/mol. The van der Waals surface area contributed by atoms with E-state index in [1.807, 2.05) is 0 Å². The molecule has 2 atom stereocenters. The summed E-state index contributed by atoms with van der Waals surface area (Å²) in [5.41, 5.74) is 3.40. The van der Waals surface area contributed by atoms with E-state index < -0.39 is 0 Å². The van der Waals surface area contributed by atoms with Gasteiger partial charge >= 0.3 is 0 Å². The summed E-state index contributed by atoms with van der Waals surface area (Å²) in [5, 5.41) is 9.96. The minimum Gasteiger partial charge on any atom is -0.395 e. The molecule has 1 heterocycles. The van der Waals surface area contributed by atoms with Gasteiger partial charge in [-0.05, 0) is 37.2 Å². The van der Waals surface area contributed by atoms with Gasteiger partial charge in [0.1, 0.15) is 0 Å². The van der Waals surface area contributed by atoms with Crippen LogP contribution in [-0.4, -0.2) is 27.3 Å². The Morgan fingerprint density at radius 3 is 2.65 bits per heavy atom. The van der Waals surface area contributed by atoms with Crippen molar-refractivity contribution < 1.29 is 5.11 Å². The molecule has 17 heavy (non-hydrogen) atoms. The van der Waals surface area contributed by atoms with Crippen molar-refractivity contribution in [1.82, 2.24) is 0 Å². The van der Waals surface area contributed by atoms with Gasteiger partial charge in [-0.2, -0.15) is 0 Å². The van der Waals surface area contributed by atoms with Crippen LogP contribution >= 0.6 is 23.5 Å². The molecule has 1 nitrogen and oxygen atoms in total. The summed E-state index contributed by atoms with van der Waals surface area (Å²) in [6, 6.07) is 0. The smallest absolute Gasteiger partial charge is 0.0832 e. The van der Waals surface area contributed by atoms with Gasteiger partial charge in [-0.15, -0.1) is 23.5 Å². The monoisotopic (exact) mass is 270 g/mol. The molecule has 96 valence electrons. The molecule has 0 aromatic carbocycles. The second-order valence-corrected chi connectivity index (χ2v) is 8.99. The summed E-state index contributed by atoms with van der Waals surface area (Å²) in [7, 11) is 0. The maximum atomic E-state index is 9.96. The van der Waals surface area contributed by atoms with Crippen LogP contribution in [0.4, 0.5) is 0 Å². The summed E-state index contributed by atoms with van der Waals surface area (Å²) in [6.07, 6.45) is 5.16. The predicted octanol–water partition coefficient (Wildman–Crippen LogP) is 3.68. The molecule has 0 aromatic rings. The minimum atomic E-state index is 0.0500. The first kappa shape index (κ1) is 12.4. The second kappa shape index (κ2) is 4.21. The van der Waals surface area contributed by atoms with Crippen molar-refractivity contribution in [2.75, 3.05) is 18.1 Å². The highest BCUT2D eigenvalue weighted by atomic mass is 32.2. The largest absolute Gasteiger partial charge is 0.395 e. The molecule has 1 aliphatic heterocycles. The maximum absolute atomic E-state index is 9.96. The number of hydrogen-bond donors (Lipinski definition) is 1. The van der Waals surface area contributed by atoms with E-state index in [1.54, 1.807) is 11.1 Å². The molecule has 1 saturated heterocycles. The van der Waals surface area contributed by atoms with Gasteiger partial charge in [0.15, 0.2) is 0 Å². The molecule has 1 fully saturated rings. The van der Waals surface area contributed by atoms with E-state index in [0.29, 0.717) is 16.6 Å². The SMILES string of the molecule is C[C@@H]1CCC2=C(C3(CC2)SCCS3)[C@@]1(C)CO. The highest BCUT2D eigenvalue weighted by Crippen LogP contribution is 2.65. The van der Waals surface area contributed by atoms with E-state index in [1.165, 1.54) is 37.2 Å². The van der Waals surface area contributed by atoms with Crippen molar-refractivity contribution in [1.29, 1.82) is 0 Å². The molecule has 2 aliphatic carbocycles. The first-order valence-electron chi connectivity index (χ1n) is 6.74. The molecule has 3 aliphatic rings. The van der Waals surface area contributed by atoms with Crippen molar-refractivity contribution in [3.8, 4) is 0 Å². The number of aliphatic hydroxyl groups excluding tert-OH is 1. The zero-order valence-electron chi connectivity index (χ0n) is 10.8. The van der Waals surface area contributed by atoms with E-state index in [0.717, 1.165) is 0 Å². The Hall–Kier alpha value is 0.400. The first-order chi connectivity index (χ1) is 8.12. The molecular weight excluding hydrogens is 248 g/mol. The molecule has 0 unspecified atom stereocenters. The molecule has 1 N–H and O–H groups in total. The van der Waals surface area contributed by atoms with Crippen molar-refractivity contribution in [3.63, 3.8) is 0 Å². The topological polar surface area (TPSA) is 20.2 Å². The molecule has 3 rings (SSSR count). The summed E-state index contributed by atoms with van der Waals surface area (Å²) in [6.45, 7) is 4.96. The van der Waals surface area contributed by atoms with Crippen LogP contribution in [0.3, 0.4) is 0 Å². The lowest BCUT2D eigenvalue weighted by Crippen LogP contribution is -2.40. The Labute approximate surface area is 113 Å². The van der Waals surface area contributed by atoms with Crippen LogP contribution in [-0.2, 0) is 0 Å². The van der Waals surface area contributed by atoms with E-state index >= 15 is 0 Å². The number of allylic oxidation sites excluding steroid dienone is 1. The van der Waals surface area contributed by atoms with Crippen LogP contribution in [0.1, 0.15) is 39.5 Å². The van der Waals surface area contributed by atoms with Crippen molar-refractivity contribution in [2.24, 2.45) is 11.3 Å². The molecule has 0 amide bonds. The lowest BCUT2D eigenvalue weighted by Gasteiger charge is -2.45. The van der Waals surface area contributed by atoms with Gasteiger partial charge in [-0.1, -0.05) is 19.4 Å². The summed E-state index contributed by atoms with van der Waals surface area (Å²) in [4.78, 5) is 0. The summed E-state index contributed by atoms with van der Waals surface area (Å²) < 4.78 is 0.349. The summed E-state index contributed by atoms with van der Waals surface area (Å²) in [5.74, 6) is 3.21. The number of thioether (sulfide) groups is 2. The number of rotatable bonds is 1. The van der Waals surface area contributed by atoms with Gasteiger partial charge in [-0.3, -0.25) is 0 Å². The fourth-order valence-electron chi connectivity index (χ4n) is 3.86. The third-order valence-corrected chi connectivity index (χ3v) is 8.64. The van der Waals surface area contributed by atoms with Crippen LogP contribution in [0.5, 0.6) is 0 Å². The van der Waals surface area contributed by atoms with E-state index in [-0.39, 0.29) is 5.41 Å². The second-order valence-electron chi connectivity index (χ2n) is 5.94. The molecular formula is C14H22OS2. The van der Waals surface area contributed by atoms with Gasteiger partial charge in [-0.25, -0.2) is 0 Å². The highest BCUT2D eigenvalue weighted by molar-refractivity contribution is 8.21. The lowest BCUT2D eigenvalue weighted by atomic mass is 9.65. The predicted molar refractivity (Wildman–Crippen MR) is 77.5 cm³/mol.